The van der Waals surface area contributed by atoms with Crippen molar-refractivity contribution < 1.29 is 22.0 Å². The predicted molar refractivity (Wildman–Crippen MR) is 114 cm³/mol. The highest BCUT2D eigenvalue weighted by atomic mass is 19.4. The van der Waals surface area contributed by atoms with E-state index >= 15 is 0 Å². The van der Waals surface area contributed by atoms with E-state index in [0.29, 0.717) is 36.5 Å². The quantitative estimate of drug-likeness (QED) is 0.412. The number of aromatic nitrogens is 4. The molecule has 4 aromatic rings. The maximum Gasteiger partial charge on any atom is 0.453 e. The molecule has 0 atom stereocenters. The van der Waals surface area contributed by atoms with E-state index in [2.05, 4.69) is 20.2 Å². The third kappa shape index (κ3) is 4.30. The van der Waals surface area contributed by atoms with Gasteiger partial charge in [-0.2, -0.15) is 17.7 Å². The largest absolute Gasteiger partial charge is 0.453 e. The van der Waals surface area contributed by atoms with Gasteiger partial charge in [-0.3, -0.25) is 4.90 Å². The van der Waals surface area contributed by atoms with Crippen LogP contribution in [0.4, 0.5) is 27.8 Å². The highest BCUT2D eigenvalue weighted by molar-refractivity contribution is 5.46. The third-order valence-electron chi connectivity index (χ3n) is 5.88. The van der Waals surface area contributed by atoms with Crippen molar-refractivity contribution in [2.24, 2.45) is 0 Å². The van der Waals surface area contributed by atoms with Crippen molar-refractivity contribution in [2.75, 3.05) is 31.1 Å². The second kappa shape index (κ2) is 8.64. The Balaban J connectivity index is 1.39. The number of nitrogens with zero attached hydrogens (tertiary/aromatic N) is 6. The van der Waals surface area contributed by atoms with Crippen LogP contribution >= 0.6 is 0 Å². The molecule has 11 heteroatoms. The molecule has 0 saturated carbocycles. The summed E-state index contributed by atoms with van der Waals surface area (Å²) in [7, 11) is 0. The summed E-state index contributed by atoms with van der Waals surface area (Å²) in [5, 5.41) is 10.9. The Labute approximate surface area is 191 Å². The number of halogens is 5. The normalized spacial score (nSPS) is 15.4. The first-order valence-electron chi connectivity index (χ1n) is 10.6. The first-order chi connectivity index (χ1) is 16.3. The van der Waals surface area contributed by atoms with Crippen LogP contribution in [-0.2, 0) is 6.18 Å². The van der Waals surface area contributed by atoms with E-state index in [0.717, 1.165) is 11.1 Å². The predicted octanol–water partition coefficient (Wildman–Crippen LogP) is 4.33. The van der Waals surface area contributed by atoms with Gasteiger partial charge in [-0.25, -0.2) is 8.78 Å². The Kier molecular flexibility index (Phi) is 5.64. The first-order valence-corrected chi connectivity index (χ1v) is 10.6. The van der Waals surface area contributed by atoms with Gasteiger partial charge in [-0.1, -0.05) is 24.3 Å². The molecule has 1 fully saturated rings. The Bertz CT molecular complexity index is 1230. The molecule has 176 valence electrons. The summed E-state index contributed by atoms with van der Waals surface area (Å²) in [5.74, 6) is -1.48. The van der Waals surface area contributed by atoms with Crippen LogP contribution in [0.3, 0.4) is 0 Å². The van der Waals surface area contributed by atoms with E-state index in [1.165, 1.54) is 30.3 Å². The van der Waals surface area contributed by atoms with E-state index in [4.69, 9.17) is 0 Å². The van der Waals surface area contributed by atoms with E-state index in [1.807, 2.05) is 4.90 Å². The average molecular weight is 474 g/mol. The average Bonchev–Trinajstić information content (AvgIpc) is 3.26. The SMILES string of the molecule is Fc1ccc(C(c2ccc(F)cc2)N2CCN(c3ccc4nnc(C(F)(F)F)n4n3)CC2)cc1. The second-order valence-electron chi connectivity index (χ2n) is 8.01. The monoisotopic (exact) mass is 474 g/mol. The minimum absolute atomic E-state index is 0.0161. The van der Waals surface area contributed by atoms with Gasteiger partial charge in [-0.15, -0.1) is 15.3 Å². The van der Waals surface area contributed by atoms with Crippen LogP contribution in [0, 0.1) is 11.6 Å². The number of fused-ring (bicyclic) bond motifs is 1. The van der Waals surface area contributed by atoms with E-state index in [1.54, 1.807) is 30.3 Å². The maximum absolute atomic E-state index is 13.5. The number of hydrogen-bond acceptors (Lipinski definition) is 5. The standard InChI is InChI=1S/C23H19F5N6/c24-17-5-1-15(2-6-17)21(16-3-7-18(25)8-4-16)33-13-11-32(12-14-33)20-10-9-19-29-30-22(23(26,27)28)34(19)31-20/h1-10,21H,11-14H2. The minimum Gasteiger partial charge on any atom is -0.353 e. The molecule has 1 saturated heterocycles. The number of rotatable bonds is 4. The Hall–Kier alpha value is -3.60. The lowest BCUT2D eigenvalue weighted by Crippen LogP contribution is -2.48. The zero-order valence-corrected chi connectivity index (χ0v) is 17.8. The third-order valence-corrected chi connectivity index (χ3v) is 5.88. The van der Waals surface area contributed by atoms with Crippen molar-refractivity contribution in [3.8, 4) is 0 Å². The molecule has 0 spiro atoms. The summed E-state index contributed by atoms with van der Waals surface area (Å²) in [6.07, 6.45) is -4.67. The molecule has 5 rings (SSSR count). The molecule has 2 aromatic carbocycles. The van der Waals surface area contributed by atoms with Gasteiger partial charge in [0.2, 0.25) is 0 Å². The summed E-state index contributed by atoms with van der Waals surface area (Å²) < 4.78 is 67.4. The van der Waals surface area contributed by atoms with Gasteiger partial charge in [0.15, 0.2) is 5.65 Å². The molecule has 1 aliphatic heterocycles. The number of benzene rings is 2. The van der Waals surface area contributed by atoms with Gasteiger partial charge in [0.05, 0.1) is 6.04 Å². The van der Waals surface area contributed by atoms with Crippen molar-refractivity contribution in [2.45, 2.75) is 12.2 Å². The summed E-state index contributed by atoms with van der Waals surface area (Å²) in [6.45, 7) is 2.13. The lowest BCUT2D eigenvalue weighted by Gasteiger charge is -2.40. The maximum atomic E-state index is 13.5. The molecular weight excluding hydrogens is 455 g/mol. The molecule has 0 radical (unpaired) electrons. The van der Waals surface area contributed by atoms with Crippen molar-refractivity contribution >= 4 is 11.5 Å². The van der Waals surface area contributed by atoms with Gasteiger partial charge in [0.25, 0.3) is 5.82 Å². The Morgan fingerprint density at radius 2 is 1.26 bits per heavy atom. The van der Waals surface area contributed by atoms with Crippen molar-refractivity contribution in [1.82, 2.24) is 24.7 Å². The van der Waals surface area contributed by atoms with Gasteiger partial charge < -0.3 is 4.90 Å². The zero-order chi connectivity index (χ0) is 23.9. The fraction of sp³-hybridized carbons (Fsp3) is 0.261. The highest BCUT2D eigenvalue weighted by Gasteiger charge is 2.38. The Morgan fingerprint density at radius 3 is 1.79 bits per heavy atom. The molecule has 34 heavy (non-hydrogen) atoms. The Morgan fingerprint density at radius 1 is 0.706 bits per heavy atom. The molecule has 0 aliphatic carbocycles. The smallest absolute Gasteiger partial charge is 0.353 e. The van der Waals surface area contributed by atoms with Crippen LogP contribution in [0.5, 0.6) is 0 Å². The molecular formula is C23H19F5N6. The zero-order valence-electron chi connectivity index (χ0n) is 17.8. The van der Waals surface area contributed by atoms with E-state index in [9.17, 15) is 22.0 Å². The summed E-state index contributed by atoms with van der Waals surface area (Å²) in [5.41, 5.74) is 1.74. The summed E-state index contributed by atoms with van der Waals surface area (Å²) in [6, 6.07) is 15.2. The minimum atomic E-state index is -4.67. The molecule has 3 heterocycles. The molecule has 6 nitrogen and oxygen atoms in total. The summed E-state index contributed by atoms with van der Waals surface area (Å²) in [4.78, 5) is 4.07. The molecule has 0 bridgehead atoms. The van der Waals surface area contributed by atoms with Crippen molar-refractivity contribution in [3.63, 3.8) is 0 Å². The fourth-order valence-electron chi connectivity index (χ4n) is 4.24. The molecule has 0 N–H and O–H groups in total. The van der Waals surface area contributed by atoms with E-state index < -0.39 is 12.0 Å². The van der Waals surface area contributed by atoms with E-state index in [-0.39, 0.29) is 23.3 Å². The van der Waals surface area contributed by atoms with Gasteiger partial charge in [0.1, 0.15) is 17.5 Å². The fourth-order valence-corrected chi connectivity index (χ4v) is 4.24. The summed E-state index contributed by atoms with van der Waals surface area (Å²) >= 11 is 0. The van der Waals surface area contributed by atoms with Crippen LogP contribution in [0.15, 0.2) is 60.7 Å². The lowest BCUT2D eigenvalue weighted by molar-refractivity contribution is -0.146. The number of anilines is 1. The number of piperazine rings is 1. The van der Waals surface area contributed by atoms with Crippen molar-refractivity contribution in [1.29, 1.82) is 0 Å². The number of hydrogen-bond donors (Lipinski definition) is 0. The van der Waals surface area contributed by atoms with Gasteiger partial charge >= 0.3 is 6.18 Å². The van der Waals surface area contributed by atoms with Gasteiger partial charge in [-0.05, 0) is 47.5 Å². The lowest BCUT2D eigenvalue weighted by atomic mass is 9.96. The van der Waals surface area contributed by atoms with Crippen LogP contribution in [0.1, 0.15) is 23.0 Å². The second-order valence-corrected chi connectivity index (χ2v) is 8.01. The van der Waals surface area contributed by atoms with Crippen molar-refractivity contribution in [3.05, 3.63) is 89.2 Å². The van der Waals surface area contributed by atoms with Crippen LogP contribution < -0.4 is 4.90 Å². The van der Waals surface area contributed by atoms with Crippen LogP contribution in [0.2, 0.25) is 0 Å². The molecule has 1 aliphatic rings. The molecule has 0 amide bonds. The highest BCUT2D eigenvalue weighted by Crippen LogP contribution is 2.31. The van der Waals surface area contributed by atoms with Gasteiger partial charge in [0, 0.05) is 26.2 Å². The number of alkyl halides is 3. The molecule has 0 unspecified atom stereocenters. The molecule has 2 aromatic heterocycles. The first kappa shape index (κ1) is 22.2. The topological polar surface area (TPSA) is 49.6 Å². The van der Waals surface area contributed by atoms with Crippen LogP contribution in [-0.4, -0.2) is 50.9 Å². The van der Waals surface area contributed by atoms with Crippen LogP contribution in [0.25, 0.3) is 5.65 Å².